The van der Waals surface area contributed by atoms with Crippen molar-refractivity contribution < 1.29 is 4.79 Å². The summed E-state index contributed by atoms with van der Waals surface area (Å²) in [6.07, 6.45) is 2.99. The first-order valence-corrected chi connectivity index (χ1v) is 6.18. The minimum atomic E-state index is -0.173. The largest absolute Gasteiger partial charge is 0.303 e. The number of carbonyl (C=O) groups is 1. The first kappa shape index (κ1) is 13.3. The molecular weight excluding hydrogens is 260 g/mol. The molecule has 4 heteroatoms. The van der Waals surface area contributed by atoms with E-state index < -0.39 is 0 Å². The van der Waals surface area contributed by atoms with Crippen molar-refractivity contribution in [1.82, 2.24) is 4.98 Å². The fraction of sp³-hybridized carbons (Fsp3) is 0.0667. The number of rotatable bonds is 4. The molecule has 96 valence electrons. The van der Waals surface area contributed by atoms with Crippen LogP contribution in [0.4, 0.5) is 5.69 Å². The zero-order valence-electron chi connectivity index (χ0n) is 10.3. The van der Waals surface area contributed by atoms with Crippen LogP contribution in [0, 0.1) is 0 Å². The standard InChI is InChI=1S/C15H13ClN2O/c1-2-15(19)18(11-13-5-3-4-10-17-13)14-8-6-12(16)7-9-14/h2-10H,1,11H2. The lowest BCUT2D eigenvalue weighted by molar-refractivity contribution is -0.114. The molecule has 0 aliphatic rings. The minimum Gasteiger partial charge on any atom is -0.303 e. The van der Waals surface area contributed by atoms with Crippen molar-refractivity contribution in [2.75, 3.05) is 4.90 Å². The second kappa shape index (κ2) is 6.16. The molecule has 0 fully saturated rings. The van der Waals surface area contributed by atoms with Crippen molar-refractivity contribution in [1.29, 1.82) is 0 Å². The van der Waals surface area contributed by atoms with E-state index >= 15 is 0 Å². The number of pyridine rings is 1. The summed E-state index contributed by atoms with van der Waals surface area (Å²) >= 11 is 5.85. The van der Waals surface area contributed by atoms with Gasteiger partial charge in [-0.2, -0.15) is 0 Å². The predicted molar refractivity (Wildman–Crippen MR) is 77.1 cm³/mol. The highest BCUT2D eigenvalue weighted by atomic mass is 35.5. The summed E-state index contributed by atoms with van der Waals surface area (Å²) < 4.78 is 0. The Hall–Kier alpha value is -2.13. The predicted octanol–water partition coefficient (Wildman–Crippen LogP) is 3.45. The number of carbonyl (C=O) groups excluding carboxylic acids is 1. The number of hydrogen-bond donors (Lipinski definition) is 0. The number of hydrogen-bond acceptors (Lipinski definition) is 2. The number of nitrogens with zero attached hydrogens (tertiary/aromatic N) is 2. The van der Waals surface area contributed by atoms with Crippen LogP contribution in [0.25, 0.3) is 0 Å². The Labute approximate surface area is 117 Å². The molecule has 0 saturated heterocycles. The monoisotopic (exact) mass is 272 g/mol. The van der Waals surface area contributed by atoms with Gasteiger partial charge in [0, 0.05) is 16.9 Å². The maximum atomic E-state index is 11.9. The lowest BCUT2D eigenvalue weighted by atomic mass is 10.2. The highest BCUT2D eigenvalue weighted by Crippen LogP contribution is 2.20. The topological polar surface area (TPSA) is 33.2 Å². The Morgan fingerprint density at radius 1 is 1.26 bits per heavy atom. The first-order valence-electron chi connectivity index (χ1n) is 5.80. The minimum absolute atomic E-state index is 0.173. The smallest absolute Gasteiger partial charge is 0.250 e. The zero-order valence-corrected chi connectivity index (χ0v) is 11.0. The quantitative estimate of drug-likeness (QED) is 0.799. The highest BCUT2D eigenvalue weighted by Gasteiger charge is 2.13. The molecule has 0 unspecified atom stereocenters. The molecule has 19 heavy (non-hydrogen) atoms. The first-order chi connectivity index (χ1) is 9.20. The highest BCUT2D eigenvalue weighted by molar-refractivity contribution is 6.30. The van der Waals surface area contributed by atoms with Crippen LogP contribution in [0.3, 0.4) is 0 Å². The number of aromatic nitrogens is 1. The third-order valence-corrected chi connectivity index (χ3v) is 2.88. The molecule has 0 bridgehead atoms. The third-order valence-electron chi connectivity index (χ3n) is 2.63. The number of halogens is 1. The van der Waals surface area contributed by atoms with Crippen LogP contribution in [-0.4, -0.2) is 10.9 Å². The Kier molecular flexibility index (Phi) is 4.31. The van der Waals surface area contributed by atoms with Gasteiger partial charge in [-0.05, 0) is 42.5 Å². The maximum Gasteiger partial charge on any atom is 0.250 e. The van der Waals surface area contributed by atoms with Gasteiger partial charge in [0.2, 0.25) is 0 Å². The molecule has 0 N–H and O–H groups in total. The average molecular weight is 273 g/mol. The van der Waals surface area contributed by atoms with Gasteiger partial charge in [-0.1, -0.05) is 24.2 Å². The molecule has 2 rings (SSSR count). The van der Waals surface area contributed by atoms with Crippen LogP contribution in [0.15, 0.2) is 61.3 Å². The Morgan fingerprint density at radius 2 is 2.00 bits per heavy atom. The van der Waals surface area contributed by atoms with Crippen molar-refractivity contribution in [3.05, 3.63) is 72.0 Å². The van der Waals surface area contributed by atoms with E-state index in [9.17, 15) is 4.79 Å². The summed E-state index contributed by atoms with van der Waals surface area (Å²) in [6, 6.07) is 12.7. The van der Waals surface area contributed by atoms with E-state index in [1.807, 2.05) is 18.2 Å². The van der Waals surface area contributed by atoms with E-state index in [1.165, 1.54) is 6.08 Å². The maximum absolute atomic E-state index is 11.9. The van der Waals surface area contributed by atoms with E-state index in [0.29, 0.717) is 11.6 Å². The molecule has 0 saturated carbocycles. The van der Waals surface area contributed by atoms with Crippen molar-refractivity contribution in [2.45, 2.75) is 6.54 Å². The van der Waals surface area contributed by atoms with E-state index in [0.717, 1.165) is 11.4 Å². The normalized spacial score (nSPS) is 9.95. The second-order valence-corrected chi connectivity index (χ2v) is 4.36. The van der Waals surface area contributed by atoms with Crippen LogP contribution >= 0.6 is 11.6 Å². The molecule has 1 heterocycles. The molecule has 0 atom stereocenters. The Balaban J connectivity index is 2.28. The summed E-state index contributed by atoms with van der Waals surface area (Å²) in [5, 5.41) is 0.632. The van der Waals surface area contributed by atoms with Crippen LogP contribution in [0.1, 0.15) is 5.69 Å². The van der Waals surface area contributed by atoms with Crippen molar-refractivity contribution in [3.8, 4) is 0 Å². The van der Waals surface area contributed by atoms with Crippen LogP contribution < -0.4 is 4.90 Å². The molecule has 1 aromatic carbocycles. The number of benzene rings is 1. The van der Waals surface area contributed by atoms with E-state index in [-0.39, 0.29) is 5.91 Å². The molecule has 0 spiro atoms. The summed E-state index contributed by atoms with van der Waals surface area (Å²) in [6.45, 7) is 3.92. The number of anilines is 1. The van der Waals surface area contributed by atoms with Gasteiger partial charge in [0.25, 0.3) is 5.91 Å². The molecule has 2 aromatic rings. The van der Waals surface area contributed by atoms with Crippen molar-refractivity contribution in [2.24, 2.45) is 0 Å². The van der Waals surface area contributed by atoms with Gasteiger partial charge in [-0.3, -0.25) is 9.78 Å². The zero-order chi connectivity index (χ0) is 13.7. The van der Waals surface area contributed by atoms with Gasteiger partial charge < -0.3 is 4.90 Å². The molecule has 1 amide bonds. The van der Waals surface area contributed by atoms with Crippen LogP contribution in [0.5, 0.6) is 0 Å². The Bertz CT molecular complexity index is 566. The van der Waals surface area contributed by atoms with E-state index in [2.05, 4.69) is 11.6 Å². The van der Waals surface area contributed by atoms with Gasteiger partial charge in [-0.15, -0.1) is 0 Å². The SMILES string of the molecule is C=CC(=O)N(Cc1ccccn1)c1ccc(Cl)cc1. The molecular formula is C15H13ClN2O. The molecule has 3 nitrogen and oxygen atoms in total. The van der Waals surface area contributed by atoms with Gasteiger partial charge in [0.1, 0.15) is 0 Å². The fourth-order valence-corrected chi connectivity index (χ4v) is 1.81. The second-order valence-electron chi connectivity index (χ2n) is 3.93. The molecule has 1 aromatic heterocycles. The van der Waals surface area contributed by atoms with Crippen LogP contribution in [-0.2, 0) is 11.3 Å². The summed E-state index contributed by atoms with van der Waals surface area (Å²) in [5.74, 6) is -0.173. The van der Waals surface area contributed by atoms with Gasteiger partial charge in [0.15, 0.2) is 0 Å². The lowest BCUT2D eigenvalue weighted by Gasteiger charge is -2.21. The third kappa shape index (κ3) is 3.42. The van der Waals surface area contributed by atoms with E-state index in [1.54, 1.807) is 35.4 Å². The van der Waals surface area contributed by atoms with Gasteiger partial charge in [0.05, 0.1) is 12.2 Å². The summed E-state index contributed by atoms with van der Waals surface area (Å²) in [7, 11) is 0. The summed E-state index contributed by atoms with van der Waals surface area (Å²) in [5.41, 5.74) is 1.58. The van der Waals surface area contributed by atoms with E-state index in [4.69, 9.17) is 11.6 Å². The average Bonchev–Trinajstić information content (AvgIpc) is 2.46. The van der Waals surface area contributed by atoms with Crippen molar-refractivity contribution in [3.63, 3.8) is 0 Å². The lowest BCUT2D eigenvalue weighted by Crippen LogP contribution is -2.28. The molecule has 0 aliphatic carbocycles. The summed E-state index contributed by atoms with van der Waals surface area (Å²) in [4.78, 5) is 17.8. The molecule has 0 aliphatic heterocycles. The number of amides is 1. The van der Waals surface area contributed by atoms with Gasteiger partial charge in [-0.25, -0.2) is 0 Å². The molecule has 0 radical (unpaired) electrons. The van der Waals surface area contributed by atoms with Crippen LogP contribution in [0.2, 0.25) is 5.02 Å². The Morgan fingerprint density at radius 3 is 2.58 bits per heavy atom. The fourth-order valence-electron chi connectivity index (χ4n) is 1.68. The van der Waals surface area contributed by atoms with Gasteiger partial charge >= 0.3 is 0 Å². The van der Waals surface area contributed by atoms with Crippen molar-refractivity contribution >= 4 is 23.2 Å².